The third-order valence-electron chi connectivity index (χ3n) is 4.13. The van der Waals surface area contributed by atoms with Crippen LogP contribution >= 0.6 is 0 Å². The second-order valence-corrected chi connectivity index (χ2v) is 5.86. The van der Waals surface area contributed by atoms with Crippen LogP contribution in [0.2, 0.25) is 0 Å². The highest BCUT2D eigenvalue weighted by atomic mass is 16.6. The minimum atomic E-state index is -0.115. The Morgan fingerprint density at radius 2 is 2.00 bits per heavy atom. The second-order valence-electron chi connectivity index (χ2n) is 5.86. The minimum absolute atomic E-state index is 0.0418. The molecule has 2 N–H and O–H groups in total. The Hall–Kier alpha value is -1.55. The van der Waals surface area contributed by atoms with Crippen LogP contribution in [0.15, 0.2) is 18.2 Å². The van der Waals surface area contributed by atoms with Crippen LogP contribution in [0.3, 0.4) is 0 Å². The molecule has 0 amide bonds. The van der Waals surface area contributed by atoms with Crippen LogP contribution in [0.5, 0.6) is 11.5 Å². The zero-order chi connectivity index (χ0) is 15.8. The summed E-state index contributed by atoms with van der Waals surface area (Å²) in [4.78, 5) is 12.3. The highest BCUT2D eigenvalue weighted by molar-refractivity contribution is 5.76. The predicted octanol–water partition coefficient (Wildman–Crippen LogP) is 3.46. The van der Waals surface area contributed by atoms with Gasteiger partial charge in [0.2, 0.25) is 0 Å². The van der Waals surface area contributed by atoms with Gasteiger partial charge in [-0.25, -0.2) is 0 Å². The number of benzene rings is 1. The van der Waals surface area contributed by atoms with Gasteiger partial charge in [0.05, 0.1) is 12.5 Å². The van der Waals surface area contributed by atoms with Gasteiger partial charge in [0.15, 0.2) is 11.5 Å². The Morgan fingerprint density at radius 1 is 1.23 bits per heavy atom. The number of ether oxygens (including phenoxy) is 2. The Balaban J connectivity index is 2.06. The number of nitrogens with two attached hydrogens (primary N) is 1. The fourth-order valence-electron chi connectivity index (χ4n) is 2.90. The third kappa shape index (κ3) is 4.73. The summed E-state index contributed by atoms with van der Waals surface area (Å²) in [5.74, 6) is 1.12. The number of aryl methyl sites for hydroxylation is 1. The van der Waals surface area contributed by atoms with Crippen molar-refractivity contribution in [1.82, 2.24) is 0 Å². The molecule has 0 bridgehead atoms. The molecule has 4 heteroatoms. The zero-order valence-corrected chi connectivity index (χ0v) is 13.5. The Labute approximate surface area is 133 Å². The summed E-state index contributed by atoms with van der Waals surface area (Å²) >= 11 is 0. The monoisotopic (exact) mass is 305 g/mol. The summed E-state index contributed by atoms with van der Waals surface area (Å²) in [5, 5.41) is 0. The van der Waals surface area contributed by atoms with E-state index in [9.17, 15) is 4.79 Å². The van der Waals surface area contributed by atoms with E-state index in [2.05, 4.69) is 0 Å². The molecule has 0 saturated heterocycles. The Bertz CT molecular complexity index is 481. The lowest BCUT2D eigenvalue weighted by Gasteiger charge is -2.20. The molecule has 2 rings (SSSR count). The van der Waals surface area contributed by atoms with Gasteiger partial charge in [0, 0.05) is 0 Å². The molecule has 0 aliphatic heterocycles. The Morgan fingerprint density at radius 3 is 2.68 bits per heavy atom. The summed E-state index contributed by atoms with van der Waals surface area (Å²) in [7, 11) is 0. The van der Waals surface area contributed by atoms with Crippen molar-refractivity contribution in [3.63, 3.8) is 0 Å². The van der Waals surface area contributed by atoms with Gasteiger partial charge in [-0.3, -0.25) is 4.79 Å². The van der Waals surface area contributed by atoms with Gasteiger partial charge < -0.3 is 15.2 Å². The molecule has 0 spiro atoms. The lowest BCUT2D eigenvalue weighted by molar-refractivity contribution is -0.140. The molecule has 1 fully saturated rings. The van der Waals surface area contributed by atoms with Crippen molar-refractivity contribution in [2.24, 2.45) is 11.7 Å². The van der Waals surface area contributed by atoms with E-state index in [1.165, 1.54) is 6.42 Å². The summed E-state index contributed by atoms with van der Waals surface area (Å²) < 4.78 is 11.2. The number of esters is 1. The molecule has 1 aromatic rings. The molecule has 122 valence electrons. The SMILES string of the molecule is CCOc1cc(CCCN)ccc1OC(=O)C1CCCCC1. The van der Waals surface area contributed by atoms with Crippen LogP contribution in [0.4, 0.5) is 0 Å². The van der Waals surface area contributed by atoms with E-state index in [0.29, 0.717) is 24.7 Å². The summed E-state index contributed by atoms with van der Waals surface area (Å²) in [5.41, 5.74) is 6.71. The van der Waals surface area contributed by atoms with E-state index in [0.717, 1.165) is 44.1 Å². The average molecular weight is 305 g/mol. The predicted molar refractivity (Wildman–Crippen MR) is 87.2 cm³/mol. The maximum atomic E-state index is 12.3. The molecular formula is C18H27NO3. The first-order valence-electron chi connectivity index (χ1n) is 8.42. The van der Waals surface area contributed by atoms with Gasteiger partial charge in [-0.2, -0.15) is 0 Å². The summed E-state index contributed by atoms with van der Waals surface area (Å²) in [6.07, 6.45) is 7.20. The highest BCUT2D eigenvalue weighted by Gasteiger charge is 2.24. The molecule has 0 unspecified atom stereocenters. The summed E-state index contributed by atoms with van der Waals surface area (Å²) in [6, 6.07) is 5.79. The van der Waals surface area contributed by atoms with Crippen LogP contribution < -0.4 is 15.2 Å². The van der Waals surface area contributed by atoms with Crippen molar-refractivity contribution in [2.45, 2.75) is 51.9 Å². The molecule has 1 aliphatic rings. The molecule has 1 aliphatic carbocycles. The molecular weight excluding hydrogens is 278 g/mol. The first kappa shape index (κ1) is 16.8. The van der Waals surface area contributed by atoms with E-state index < -0.39 is 0 Å². The molecule has 1 saturated carbocycles. The third-order valence-corrected chi connectivity index (χ3v) is 4.13. The van der Waals surface area contributed by atoms with Crippen molar-refractivity contribution >= 4 is 5.97 Å². The summed E-state index contributed by atoms with van der Waals surface area (Å²) in [6.45, 7) is 3.15. The molecule has 0 heterocycles. The minimum Gasteiger partial charge on any atom is -0.490 e. The van der Waals surface area contributed by atoms with Crippen molar-refractivity contribution in [1.29, 1.82) is 0 Å². The highest BCUT2D eigenvalue weighted by Crippen LogP contribution is 2.31. The molecule has 0 aromatic heterocycles. The average Bonchev–Trinajstić information content (AvgIpc) is 2.56. The molecule has 0 radical (unpaired) electrons. The fraction of sp³-hybridized carbons (Fsp3) is 0.611. The topological polar surface area (TPSA) is 61.6 Å². The largest absolute Gasteiger partial charge is 0.490 e. The lowest BCUT2D eigenvalue weighted by atomic mass is 9.89. The number of carbonyl (C=O) groups is 1. The van der Waals surface area contributed by atoms with E-state index in [4.69, 9.17) is 15.2 Å². The van der Waals surface area contributed by atoms with Crippen LogP contribution in [0, 0.1) is 5.92 Å². The van der Waals surface area contributed by atoms with Gasteiger partial charge >= 0.3 is 5.97 Å². The fourth-order valence-corrected chi connectivity index (χ4v) is 2.90. The van der Waals surface area contributed by atoms with Crippen LogP contribution in [0.25, 0.3) is 0 Å². The normalized spacial score (nSPS) is 15.5. The maximum absolute atomic E-state index is 12.3. The first-order chi connectivity index (χ1) is 10.7. The number of hydrogen-bond acceptors (Lipinski definition) is 4. The van der Waals surface area contributed by atoms with E-state index in [1.807, 2.05) is 25.1 Å². The van der Waals surface area contributed by atoms with Crippen molar-refractivity contribution in [2.75, 3.05) is 13.2 Å². The van der Waals surface area contributed by atoms with Crippen molar-refractivity contribution in [3.8, 4) is 11.5 Å². The van der Waals surface area contributed by atoms with Gasteiger partial charge in [0.25, 0.3) is 0 Å². The second kappa shape index (κ2) is 8.79. The molecule has 4 nitrogen and oxygen atoms in total. The molecule has 1 aromatic carbocycles. The van der Waals surface area contributed by atoms with E-state index in [-0.39, 0.29) is 11.9 Å². The first-order valence-corrected chi connectivity index (χ1v) is 8.42. The smallest absolute Gasteiger partial charge is 0.314 e. The van der Waals surface area contributed by atoms with Crippen LogP contribution in [-0.4, -0.2) is 19.1 Å². The van der Waals surface area contributed by atoms with Crippen LogP contribution in [0.1, 0.15) is 51.0 Å². The van der Waals surface area contributed by atoms with E-state index in [1.54, 1.807) is 0 Å². The lowest BCUT2D eigenvalue weighted by Crippen LogP contribution is -2.23. The van der Waals surface area contributed by atoms with Gasteiger partial charge in [-0.05, 0) is 56.8 Å². The molecule has 0 atom stereocenters. The quantitative estimate of drug-likeness (QED) is 0.619. The van der Waals surface area contributed by atoms with Crippen molar-refractivity contribution < 1.29 is 14.3 Å². The zero-order valence-electron chi connectivity index (χ0n) is 13.5. The van der Waals surface area contributed by atoms with Gasteiger partial charge in [0.1, 0.15) is 0 Å². The number of carbonyl (C=O) groups excluding carboxylic acids is 1. The maximum Gasteiger partial charge on any atom is 0.314 e. The van der Waals surface area contributed by atoms with Crippen molar-refractivity contribution in [3.05, 3.63) is 23.8 Å². The van der Waals surface area contributed by atoms with Gasteiger partial charge in [-0.1, -0.05) is 25.3 Å². The Kier molecular flexibility index (Phi) is 6.72. The standard InChI is InChI=1S/C18H27NO3/c1-2-21-17-13-14(7-6-12-19)10-11-16(17)22-18(20)15-8-4-3-5-9-15/h10-11,13,15H,2-9,12,19H2,1H3. The van der Waals surface area contributed by atoms with Gasteiger partial charge in [-0.15, -0.1) is 0 Å². The molecule has 22 heavy (non-hydrogen) atoms. The number of rotatable bonds is 7. The number of hydrogen-bond donors (Lipinski definition) is 1. The van der Waals surface area contributed by atoms with Crippen LogP contribution in [-0.2, 0) is 11.2 Å². The van der Waals surface area contributed by atoms with E-state index >= 15 is 0 Å².